The van der Waals surface area contributed by atoms with E-state index in [9.17, 15) is 10.0 Å². The number of ether oxygens (including phenoxy) is 2. The predicted octanol–water partition coefficient (Wildman–Crippen LogP) is 3.03. The Morgan fingerprint density at radius 3 is 3.10 bits per heavy atom. The van der Waals surface area contributed by atoms with Gasteiger partial charge in [-0.3, -0.25) is 4.90 Å². The number of aromatic amines is 1. The van der Waals surface area contributed by atoms with Crippen molar-refractivity contribution in [1.82, 2.24) is 9.88 Å². The molecule has 4 heterocycles. The highest BCUT2D eigenvalue weighted by Gasteiger charge is 2.57. The first-order valence-corrected chi connectivity index (χ1v) is 10.5. The monoisotopic (exact) mass is 397 g/mol. The smallest absolute Gasteiger partial charge is 0.356 e. The zero-order valence-corrected chi connectivity index (χ0v) is 16.7. The quantitative estimate of drug-likeness (QED) is 0.358. The molecule has 3 atom stereocenters. The van der Waals surface area contributed by atoms with Crippen LogP contribution in [-0.2, 0) is 20.7 Å². The van der Waals surface area contributed by atoms with Crippen LogP contribution in [0.2, 0.25) is 0 Å². The fraction of sp³-hybridized carbons (Fsp3) is 0.545. The number of rotatable bonds is 4. The van der Waals surface area contributed by atoms with E-state index in [4.69, 9.17) is 9.47 Å². The Balaban J connectivity index is 1.61. The molecule has 7 nitrogen and oxygen atoms in total. The normalized spacial score (nSPS) is 29.3. The van der Waals surface area contributed by atoms with Crippen LogP contribution < -0.4 is 0 Å². The van der Waals surface area contributed by atoms with E-state index in [1.165, 1.54) is 16.6 Å². The van der Waals surface area contributed by atoms with E-state index in [1.54, 1.807) is 6.92 Å². The number of oxime groups is 1. The van der Waals surface area contributed by atoms with Crippen LogP contribution in [0.4, 0.5) is 0 Å². The summed E-state index contributed by atoms with van der Waals surface area (Å²) in [4.78, 5) is 18.6. The van der Waals surface area contributed by atoms with Gasteiger partial charge in [-0.05, 0) is 37.8 Å². The van der Waals surface area contributed by atoms with Crippen molar-refractivity contribution in [2.75, 3.05) is 26.3 Å². The summed E-state index contributed by atoms with van der Waals surface area (Å²) in [6, 6.07) is 8.54. The summed E-state index contributed by atoms with van der Waals surface area (Å²) < 4.78 is 11.3. The molecule has 0 spiro atoms. The summed E-state index contributed by atoms with van der Waals surface area (Å²) in [5, 5.41) is 14.2. The zero-order valence-electron chi connectivity index (χ0n) is 16.7. The first-order chi connectivity index (χ1) is 14.2. The van der Waals surface area contributed by atoms with E-state index >= 15 is 0 Å². The first kappa shape index (κ1) is 18.6. The number of piperidine rings is 1. The Morgan fingerprint density at radius 2 is 2.28 bits per heavy atom. The maximum absolute atomic E-state index is 12.4. The molecule has 0 unspecified atom stereocenters. The van der Waals surface area contributed by atoms with Crippen molar-refractivity contribution in [3.8, 4) is 0 Å². The minimum Gasteiger partial charge on any atom is -0.461 e. The van der Waals surface area contributed by atoms with Crippen LogP contribution in [0.25, 0.3) is 10.9 Å². The summed E-state index contributed by atoms with van der Waals surface area (Å²) in [6.07, 6.45) is 3.14. The molecule has 1 aromatic heterocycles. The van der Waals surface area contributed by atoms with Gasteiger partial charge in [-0.15, -0.1) is 0 Å². The van der Waals surface area contributed by atoms with Crippen LogP contribution in [0.1, 0.15) is 43.5 Å². The van der Waals surface area contributed by atoms with Gasteiger partial charge < -0.3 is 19.7 Å². The molecule has 5 rings (SSSR count). The van der Waals surface area contributed by atoms with Gasteiger partial charge in [0.25, 0.3) is 0 Å². The molecule has 0 aliphatic carbocycles. The maximum atomic E-state index is 12.4. The van der Waals surface area contributed by atoms with Gasteiger partial charge in [-0.2, -0.15) is 0 Å². The number of carbonyl (C=O) groups is 1. The van der Waals surface area contributed by atoms with Crippen molar-refractivity contribution in [2.24, 2.45) is 10.6 Å². The van der Waals surface area contributed by atoms with Gasteiger partial charge in [0, 0.05) is 48.1 Å². The molecule has 2 aromatic rings. The molecule has 7 heteroatoms. The Morgan fingerprint density at radius 1 is 1.41 bits per heavy atom. The van der Waals surface area contributed by atoms with Crippen LogP contribution >= 0.6 is 0 Å². The largest absolute Gasteiger partial charge is 0.461 e. The lowest BCUT2D eigenvalue weighted by Gasteiger charge is -2.52. The van der Waals surface area contributed by atoms with Crippen LogP contribution in [0, 0.1) is 5.41 Å². The number of para-hydroxylation sites is 1. The third-order valence-electron chi connectivity index (χ3n) is 7.01. The number of esters is 1. The number of nitrogens with one attached hydrogen (secondary N) is 1. The fourth-order valence-corrected chi connectivity index (χ4v) is 5.84. The van der Waals surface area contributed by atoms with Crippen molar-refractivity contribution < 1.29 is 19.5 Å². The standard InChI is InChI=1S/C22H27N3O4/c1-2-28-21(26)17(24-27)13-22-9-12-29-18(22)8-11-25-10-7-15-14-5-3-4-6-16(14)23-19(15)20(22)25/h3-6,18,20,23,27H,2,7-13H2,1H3/t18-,20-,22+/m0/s1. The van der Waals surface area contributed by atoms with E-state index in [-0.39, 0.29) is 29.9 Å². The average Bonchev–Trinajstić information content (AvgIpc) is 3.33. The lowest BCUT2D eigenvalue weighted by molar-refractivity contribution is -0.135. The van der Waals surface area contributed by atoms with Crippen LogP contribution in [0.15, 0.2) is 29.4 Å². The van der Waals surface area contributed by atoms with Gasteiger partial charge in [0.15, 0.2) is 5.71 Å². The number of aromatic nitrogens is 1. The molecule has 3 aliphatic heterocycles. The topological polar surface area (TPSA) is 87.2 Å². The highest BCUT2D eigenvalue weighted by atomic mass is 16.5. The molecular weight excluding hydrogens is 370 g/mol. The molecule has 154 valence electrons. The van der Waals surface area contributed by atoms with Crippen LogP contribution in [0.3, 0.4) is 0 Å². The number of H-pyrrole nitrogens is 1. The zero-order chi connectivity index (χ0) is 20.0. The van der Waals surface area contributed by atoms with Gasteiger partial charge >= 0.3 is 5.97 Å². The van der Waals surface area contributed by atoms with Crippen molar-refractivity contribution in [3.63, 3.8) is 0 Å². The third-order valence-corrected chi connectivity index (χ3v) is 7.01. The van der Waals surface area contributed by atoms with Crippen molar-refractivity contribution >= 4 is 22.6 Å². The molecule has 0 radical (unpaired) electrons. The SMILES string of the molecule is CCOC(=O)C(C[C@]12CCO[C@H]1CCN1CCc3c([nH]c4ccccc34)[C@H]12)=NO. The highest BCUT2D eigenvalue weighted by molar-refractivity contribution is 6.36. The molecule has 0 amide bonds. The summed E-state index contributed by atoms with van der Waals surface area (Å²) in [6.45, 7) is 4.63. The van der Waals surface area contributed by atoms with Crippen molar-refractivity contribution in [3.05, 3.63) is 35.5 Å². The number of carbonyl (C=O) groups excluding carboxylic acids is 1. The summed E-state index contributed by atoms with van der Waals surface area (Å²) in [5.74, 6) is -0.542. The van der Waals surface area contributed by atoms with Gasteiger partial charge in [0.1, 0.15) is 0 Å². The van der Waals surface area contributed by atoms with E-state index in [1.807, 2.05) is 0 Å². The van der Waals surface area contributed by atoms with E-state index in [2.05, 4.69) is 39.3 Å². The van der Waals surface area contributed by atoms with E-state index in [0.717, 1.165) is 37.9 Å². The maximum Gasteiger partial charge on any atom is 0.356 e. The van der Waals surface area contributed by atoms with Crippen LogP contribution in [-0.4, -0.2) is 59.2 Å². The second-order valence-electron chi connectivity index (χ2n) is 8.33. The average molecular weight is 397 g/mol. The van der Waals surface area contributed by atoms with Gasteiger partial charge in [-0.25, -0.2) is 4.79 Å². The number of fused-ring (bicyclic) bond motifs is 7. The van der Waals surface area contributed by atoms with Crippen molar-refractivity contribution in [2.45, 2.75) is 44.8 Å². The highest BCUT2D eigenvalue weighted by Crippen LogP contribution is 2.57. The Kier molecular flexibility index (Phi) is 4.59. The Bertz CT molecular complexity index is 968. The predicted molar refractivity (Wildman–Crippen MR) is 108 cm³/mol. The summed E-state index contributed by atoms with van der Waals surface area (Å²) >= 11 is 0. The van der Waals surface area contributed by atoms with Crippen LogP contribution in [0.5, 0.6) is 0 Å². The first-order valence-electron chi connectivity index (χ1n) is 10.5. The Labute approximate surface area is 169 Å². The molecule has 0 saturated carbocycles. The molecule has 2 N–H and O–H groups in total. The number of benzene rings is 1. The minimum absolute atomic E-state index is 0.0345. The molecule has 3 aliphatic rings. The van der Waals surface area contributed by atoms with Gasteiger partial charge in [0.2, 0.25) is 0 Å². The molecule has 0 bridgehead atoms. The van der Waals surface area contributed by atoms with E-state index in [0.29, 0.717) is 13.0 Å². The van der Waals surface area contributed by atoms with Gasteiger partial charge in [0.05, 0.1) is 18.8 Å². The molecule has 29 heavy (non-hydrogen) atoms. The summed E-state index contributed by atoms with van der Waals surface area (Å²) in [5.41, 5.74) is 3.52. The molecule has 1 aromatic carbocycles. The molecular formula is C22H27N3O4. The summed E-state index contributed by atoms with van der Waals surface area (Å²) in [7, 11) is 0. The van der Waals surface area contributed by atoms with Gasteiger partial charge in [-0.1, -0.05) is 23.4 Å². The number of hydrogen-bond acceptors (Lipinski definition) is 6. The second-order valence-corrected chi connectivity index (χ2v) is 8.33. The Hall–Kier alpha value is -2.38. The lowest BCUT2D eigenvalue weighted by Crippen LogP contribution is -2.55. The minimum atomic E-state index is -0.542. The molecule has 2 saturated heterocycles. The number of hydrogen-bond donors (Lipinski definition) is 2. The number of nitrogens with zero attached hydrogens (tertiary/aromatic N) is 2. The third kappa shape index (κ3) is 2.79. The lowest BCUT2D eigenvalue weighted by atomic mass is 9.64. The molecule has 2 fully saturated rings. The second kappa shape index (κ2) is 7.15. The van der Waals surface area contributed by atoms with E-state index < -0.39 is 5.97 Å². The van der Waals surface area contributed by atoms with Crippen molar-refractivity contribution in [1.29, 1.82) is 0 Å². The fourth-order valence-electron chi connectivity index (χ4n) is 5.84.